The molecule has 3 aromatic carbocycles. The molecule has 0 spiro atoms. The molecule has 0 saturated carbocycles. The molecular weight excluding hydrogens is 392 g/mol. The van der Waals surface area contributed by atoms with Gasteiger partial charge in [-0.05, 0) is 48.7 Å². The van der Waals surface area contributed by atoms with Crippen LogP contribution in [0.25, 0.3) is 0 Å². The second-order valence-corrected chi connectivity index (χ2v) is 6.88. The van der Waals surface area contributed by atoms with E-state index in [1.165, 1.54) is 0 Å². The molecule has 0 aliphatic rings. The number of esters is 1. The Labute approximate surface area is 181 Å². The van der Waals surface area contributed by atoms with Gasteiger partial charge in [-0.3, -0.25) is 9.59 Å². The van der Waals surface area contributed by atoms with Crippen molar-refractivity contribution in [3.63, 3.8) is 0 Å². The molecule has 2 N–H and O–H groups in total. The van der Waals surface area contributed by atoms with Crippen LogP contribution in [0, 0.1) is 0 Å². The number of benzene rings is 3. The van der Waals surface area contributed by atoms with Crippen LogP contribution in [0.2, 0.25) is 0 Å². The zero-order valence-electron chi connectivity index (χ0n) is 17.3. The third-order valence-electron chi connectivity index (χ3n) is 4.55. The second kappa shape index (κ2) is 10.7. The van der Waals surface area contributed by atoms with Crippen LogP contribution in [0.3, 0.4) is 0 Å². The third-order valence-corrected chi connectivity index (χ3v) is 4.55. The predicted molar refractivity (Wildman–Crippen MR) is 119 cm³/mol. The Morgan fingerprint density at radius 2 is 1.61 bits per heavy atom. The van der Waals surface area contributed by atoms with Crippen molar-refractivity contribution in [2.75, 3.05) is 18.5 Å². The van der Waals surface area contributed by atoms with Gasteiger partial charge in [-0.15, -0.1) is 0 Å². The summed E-state index contributed by atoms with van der Waals surface area (Å²) in [6.07, 6.45) is 0.588. The summed E-state index contributed by atoms with van der Waals surface area (Å²) in [5.74, 6) is -1.26. The predicted octanol–water partition coefficient (Wildman–Crippen LogP) is 3.82. The first kappa shape index (κ1) is 21.8. The van der Waals surface area contributed by atoms with E-state index in [1.807, 2.05) is 49.4 Å². The number of anilines is 1. The zero-order valence-corrected chi connectivity index (χ0v) is 17.3. The van der Waals surface area contributed by atoms with Crippen LogP contribution < -0.4 is 10.6 Å². The van der Waals surface area contributed by atoms with Gasteiger partial charge in [0.05, 0.1) is 5.56 Å². The maximum atomic E-state index is 12.6. The molecule has 0 heterocycles. The summed E-state index contributed by atoms with van der Waals surface area (Å²) in [5, 5.41) is 5.35. The van der Waals surface area contributed by atoms with Gasteiger partial charge >= 0.3 is 5.97 Å². The SMILES string of the molecule is CCNC(=O)c1cccc(NC(=O)COC(=O)c2ccccc2Cc2ccccc2)c1. The Kier molecular flexibility index (Phi) is 7.54. The fourth-order valence-corrected chi connectivity index (χ4v) is 3.10. The summed E-state index contributed by atoms with van der Waals surface area (Å²) in [7, 11) is 0. The van der Waals surface area contributed by atoms with Crippen LogP contribution in [-0.4, -0.2) is 30.9 Å². The van der Waals surface area contributed by atoms with Crippen LogP contribution in [0.15, 0.2) is 78.9 Å². The normalized spacial score (nSPS) is 10.2. The fraction of sp³-hybridized carbons (Fsp3) is 0.160. The van der Waals surface area contributed by atoms with Crippen molar-refractivity contribution in [1.29, 1.82) is 0 Å². The minimum Gasteiger partial charge on any atom is -0.452 e. The first-order chi connectivity index (χ1) is 15.1. The van der Waals surface area contributed by atoms with Crippen LogP contribution >= 0.6 is 0 Å². The van der Waals surface area contributed by atoms with E-state index in [-0.39, 0.29) is 5.91 Å². The van der Waals surface area contributed by atoms with E-state index in [2.05, 4.69) is 10.6 Å². The summed E-state index contributed by atoms with van der Waals surface area (Å²) < 4.78 is 5.23. The number of rotatable bonds is 8. The molecule has 2 amide bonds. The average molecular weight is 416 g/mol. The molecule has 158 valence electrons. The Balaban J connectivity index is 1.59. The number of hydrogen-bond donors (Lipinski definition) is 2. The van der Waals surface area contributed by atoms with E-state index in [0.29, 0.717) is 29.8 Å². The smallest absolute Gasteiger partial charge is 0.338 e. The largest absolute Gasteiger partial charge is 0.452 e. The first-order valence-corrected chi connectivity index (χ1v) is 10.0. The van der Waals surface area contributed by atoms with Crippen LogP contribution in [0.1, 0.15) is 38.8 Å². The third kappa shape index (κ3) is 6.27. The van der Waals surface area contributed by atoms with Crippen LogP contribution in [0.4, 0.5) is 5.69 Å². The topological polar surface area (TPSA) is 84.5 Å². The molecule has 0 aliphatic carbocycles. The zero-order chi connectivity index (χ0) is 22.1. The average Bonchev–Trinajstić information content (AvgIpc) is 2.79. The van der Waals surface area contributed by atoms with Gasteiger partial charge in [-0.1, -0.05) is 54.6 Å². The molecule has 0 atom stereocenters. The Hall–Kier alpha value is -3.93. The molecule has 6 nitrogen and oxygen atoms in total. The lowest BCUT2D eigenvalue weighted by molar-refractivity contribution is -0.119. The van der Waals surface area contributed by atoms with Crippen molar-refractivity contribution < 1.29 is 19.1 Å². The van der Waals surface area contributed by atoms with E-state index < -0.39 is 18.5 Å². The highest BCUT2D eigenvalue weighted by Gasteiger charge is 2.15. The van der Waals surface area contributed by atoms with Crippen molar-refractivity contribution in [3.8, 4) is 0 Å². The molecule has 3 aromatic rings. The Morgan fingerprint density at radius 3 is 2.39 bits per heavy atom. The van der Waals surface area contributed by atoms with Gasteiger partial charge in [0.2, 0.25) is 0 Å². The van der Waals surface area contributed by atoms with E-state index in [1.54, 1.807) is 36.4 Å². The molecule has 0 radical (unpaired) electrons. The monoisotopic (exact) mass is 416 g/mol. The number of ether oxygens (including phenoxy) is 1. The van der Waals surface area contributed by atoms with Crippen molar-refractivity contribution >= 4 is 23.5 Å². The second-order valence-electron chi connectivity index (χ2n) is 6.88. The van der Waals surface area contributed by atoms with Gasteiger partial charge in [-0.2, -0.15) is 0 Å². The molecule has 0 bridgehead atoms. The van der Waals surface area contributed by atoms with Crippen molar-refractivity contribution in [2.24, 2.45) is 0 Å². The summed E-state index contributed by atoms with van der Waals surface area (Å²) in [6.45, 7) is 1.91. The molecule has 0 aromatic heterocycles. The highest BCUT2D eigenvalue weighted by Crippen LogP contribution is 2.16. The minimum absolute atomic E-state index is 0.222. The fourth-order valence-electron chi connectivity index (χ4n) is 3.10. The lowest BCUT2D eigenvalue weighted by Gasteiger charge is -2.11. The highest BCUT2D eigenvalue weighted by molar-refractivity contribution is 5.98. The number of amides is 2. The van der Waals surface area contributed by atoms with E-state index in [9.17, 15) is 14.4 Å². The van der Waals surface area contributed by atoms with Crippen molar-refractivity contribution in [2.45, 2.75) is 13.3 Å². The standard InChI is InChI=1S/C25H24N2O4/c1-2-26-24(29)20-12-8-13-21(16-20)27-23(28)17-31-25(30)22-14-7-6-11-19(22)15-18-9-4-3-5-10-18/h3-14,16H,2,15,17H2,1H3,(H,26,29)(H,27,28). The summed E-state index contributed by atoms with van der Waals surface area (Å²) in [4.78, 5) is 36.7. The van der Waals surface area contributed by atoms with Crippen molar-refractivity contribution in [3.05, 3.63) is 101 Å². The molecule has 0 fully saturated rings. The van der Waals surface area contributed by atoms with E-state index in [4.69, 9.17) is 4.74 Å². The van der Waals surface area contributed by atoms with E-state index >= 15 is 0 Å². The van der Waals surface area contributed by atoms with Gasteiger partial charge in [0.15, 0.2) is 6.61 Å². The number of carbonyl (C=O) groups is 3. The maximum Gasteiger partial charge on any atom is 0.338 e. The van der Waals surface area contributed by atoms with E-state index in [0.717, 1.165) is 11.1 Å². The van der Waals surface area contributed by atoms with Crippen molar-refractivity contribution in [1.82, 2.24) is 5.32 Å². The van der Waals surface area contributed by atoms with Gasteiger partial charge in [0.25, 0.3) is 11.8 Å². The van der Waals surface area contributed by atoms with Crippen LogP contribution in [0.5, 0.6) is 0 Å². The maximum absolute atomic E-state index is 12.6. The Bertz CT molecular complexity index is 1060. The molecule has 31 heavy (non-hydrogen) atoms. The summed E-state index contributed by atoms with van der Waals surface area (Å²) >= 11 is 0. The molecule has 0 unspecified atom stereocenters. The van der Waals surface area contributed by atoms with Gasteiger partial charge in [-0.25, -0.2) is 4.79 Å². The molecule has 0 aliphatic heterocycles. The quantitative estimate of drug-likeness (QED) is 0.547. The summed E-state index contributed by atoms with van der Waals surface area (Å²) in [6, 6.07) is 23.6. The van der Waals surface area contributed by atoms with Gasteiger partial charge < -0.3 is 15.4 Å². The first-order valence-electron chi connectivity index (χ1n) is 10.0. The molecular formula is C25H24N2O4. The van der Waals surface area contributed by atoms with Gasteiger partial charge in [0, 0.05) is 17.8 Å². The lowest BCUT2D eigenvalue weighted by Crippen LogP contribution is -2.23. The minimum atomic E-state index is -0.558. The lowest BCUT2D eigenvalue weighted by atomic mass is 10.00. The molecule has 0 saturated heterocycles. The number of carbonyl (C=O) groups excluding carboxylic acids is 3. The molecule has 6 heteroatoms. The van der Waals surface area contributed by atoms with Crippen LogP contribution in [-0.2, 0) is 16.0 Å². The molecule has 3 rings (SSSR count). The summed E-state index contributed by atoms with van der Waals surface area (Å²) in [5.41, 5.74) is 3.22. The number of nitrogens with one attached hydrogen (secondary N) is 2. The number of hydrogen-bond acceptors (Lipinski definition) is 4. The Morgan fingerprint density at radius 1 is 0.871 bits per heavy atom. The highest BCUT2D eigenvalue weighted by atomic mass is 16.5. The van der Waals surface area contributed by atoms with Gasteiger partial charge in [0.1, 0.15) is 0 Å².